The highest BCUT2D eigenvalue weighted by molar-refractivity contribution is 9.10. The van der Waals surface area contributed by atoms with Crippen LogP contribution in [0.25, 0.3) is 0 Å². The van der Waals surface area contributed by atoms with Gasteiger partial charge in [0.2, 0.25) is 0 Å². The lowest BCUT2D eigenvalue weighted by Crippen LogP contribution is -2.30. The Labute approximate surface area is 131 Å². The first kappa shape index (κ1) is 14.6. The molecule has 0 spiro atoms. The fraction of sp³-hybridized carbons (Fsp3) is 0.667. The van der Waals surface area contributed by atoms with Crippen molar-refractivity contribution in [3.8, 4) is 0 Å². The molecule has 2 heteroatoms. The average Bonchev–Trinajstić information content (AvgIpc) is 3.27. The topological polar surface area (TPSA) is 12.0 Å². The zero-order chi connectivity index (χ0) is 13.8. The Bertz CT molecular complexity index is 427. The van der Waals surface area contributed by atoms with Gasteiger partial charge in [-0.05, 0) is 62.1 Å². The van der Waals surface area contributed by atoms with Crippen LogP contribution in [-0.4, -0.2) is 12.6 Å². The standard InChI is InChI=1S/C18H26BrN/c19-18-9-5-4-7-15(18)12-14-6-2-1-3-8-16(14)13-20-17-10-11-17/h4-5,7,9,14,16-17,20H,1-3,6,8,10-13H2. The van der Waals surface area contributed by atoms with Gasteiger partial charge in [0.1, 0.15) is 0 Å². The molecule has 0 saturated heterocycles. The number of nitrogens with one attached hydrogen (secondary N) is 1. The number of hydrogen-bond acceptors (Lipinski definition) is 1. The summed E-state index contributed by atoms with van der Waals surface area (Å²) in [4.78, 5) is 0. The maximum Gasteiger partial charge on any atom is 0.0207 e. The van der Waals surface area contributed by atoms with E-state index >= 15 is 0 Å². The molecular formula is C18H26BrN. The van der Waals surface area contributed by atoms with Crippen molar-refractivity contribution in [1.82, 2.24) is 5.32 Å². The van der Waals surface area contributed by atoms with Gasteiger partial charge in [0.25, 0.3) is 0 Å². The Morgan fingerprint density at radius 3 is 2.45 bits per heavy atom. The van der Waals surface area contributed by atoms with Gasteiger partial charge in [-0.25, -0.2) is 0 Å². The summed E-state index contributed by atoms with van der Waals surface area (Å²) in [7, 11) is 0. The molecule has 0 amide bonds. The third-order valence-electron chi connectivity index (χ3n) is 5.00. The average molecular weight is 336 g/mol. The Kier molecular flexibility index (Phi) is 5.17. The van der Waals surface area contributed by atoms with Crippen molar-refractivity contribution in [2.24, 2.45) is 11.8 Å². The number of hydrogen-bond donors (Lipinski definition) is 1. The van der Waals surface area contributed by atoms with Crippen molar-refractivity contribution in [3.05, 3.63) is 34.3 Å². The lowest BCUT2D eigenvalue weighted by atomic mass is 9.83. The molecule has 1 nitrogen and oxygen atoms in total. The molecule has 3 rings (SSSR count). The largest absolute Gasteiger partial charge is 0.314 e. The van der Waals surface area contributed by atoms with Crippen molar-refractivity contribution >= 4 is 15.9 Å². The lowest BCUT2D eigenvalue weighted by Gasteiger charge is -2.26. The summed E-state index contributed by atoms with van der Waals surface area (Å²) < 4.78 is 1.29. The SMILES string of the molecule is Brc1ccccc1CC1CCCCCC1CNC1CC1. The van der Waals surface area contributed by atoms with E-state index < -0.39 is 0 Å². The van der Waals surface area contributed by atoms with Gasteiger partial charge < -0.3 is 5.32 Å². The highest BCUT2D eigenvalue weighted by Gasteiger charge is 2.27. The molecule has 2 saturated carbocycles. The number of halogens is 1. The van der Waals surface area contributed by atoms with Gasteiger partial charge in [-0.1, -0.05) is 53.4 Å². The molecule has 2 fully saturated rings. The minimum Gasteiger partial charge on any atom is -0.314 e. The Hall–Kier alpha value is -0.340. The Morgan fingerprint density at radius 2 is 1.70 bits per heavy atom. The Balaban J connectivity index is 1.64. The van der Waals surface area contributed by atoms with E-state index in [-0.39, 0.29) is 0 Å². The molecule has 0 radical (unpaired) electrons. The van der Waals surface area contributed by atoms with Crippen LogP contribution in [0.2, 0.25) is 0 Å². The summed E-state index contributed by atoms with van der Waals surface area (Å²) in [5, 5.41) is 3.77. The van der Waals surface area contributed by atoms with Crippen LogP contribution in [0.4, 0.5) is 0 Å². The molecule has 110 valence electrons. The first-order valence-corrected chi connectivity index (χ1v) is 9.09. The van der Waals surface area contributed by atoms with Crippen molar-refractivity contribution < 1.29 is 0 Å². The van der Waals surface area contributed by atoms with Crippen LogP contribution in [-0.2, 0) is 6.42 Å². The molecule has 20 heavy (non-hydrogen) atoms. The van der Waals surface area contributed by atoms with E-state index in [1.165, 1.54) is 67.9 Å². The van der Waals surface area contributed by atoms with Crippen LogP contribution in [0, 0.1) is 11.8 Å². The van der Waals surface area contributed by atoms with Crippen LogP contribution in [0.15, 0.2) is 28.7 Å². The highest BCUT2D eigenvalue weighted by Crippen LogP contribution is 2.33. The van der Waals surface area contributed by atoms with Crippen LogP contribution >= 0.6 is 15.9 Å². The normalized spacial score (nSPS) is 27.2. The van der Waals surface area contributed by atoms with E-state index in [1.54, 1.807) is 0 Å². The van der Waals surface area contributed by atoms with Crippen molar-refractivity contribution in [2.75, 3.05) is 6.54 Å². The molecule has 2 unspecified atom stereocenters. The smallest absolute Gasteiger partial charge is 0.0207 e. The second-order valence-corrected chi connectivity index (χ2v) is 7.49. The first-order chi connectivity index (χ1) is 9.83. The first-order valence-electron chi connectivity index (χ1n) is 8.29. The fourth-order valence-electron chi connectivity index (χ4n) is 3.55. The molecule has 1 aromatic rings. The molecule has 0 aliphatic heterocycles. The van der Waals surface area contributed by atoms with Crippen molar-refractivity contribution in [1.29, 1.82) is 0 Å². The van der Waals surface area contributed by atoms with E-state index in [0.717, 1.165) is 17.9 Å². The van der Waals surface area contributed by atoms with Crippen molar-refractivity contribution in [2.45, 2.75) is 57.4 Å². The molecule has 0 heterocycles. The summed E-state index contributed by atoms with van der Waals surface area (Å²) in [5.74, 6) is 1.74. The summed E-state index contributed by atoms with van der Waals surface area (Å²) in [6, 6.07) is 9.62. The minimum atomic E-state index is 0.849. The summed E-state index contributed by atoms with van der Waals surface area (Å²) in [5.41, 5.74) is 1.50. The van der Waals surface area contributed by atoms with Gasteiger partial charge in [0, 0.05) is 10.5 Å². The number of rotatable bonds is 5. The van der Waals surface area contributed by atoms with Gasteiger partial charge in [0.15, 0.2) is 0 Å². The lowest BCUT2D eigenvalue weighted by molar-refractivity contribution is 0.296. The van der Waals surface area contributed by atoms with Gasteiger partial charge in [-0.15, -0.1) is 0 Å². The van der Waals surface area contributed by atoms with Crippen LogP contribution in [0.3, 0.4) is 0 Å². The van der Waals surface area contributed by atoms with Gasteiger partial charge in [-0.2, -0.15) is 0 Å². The van der Waals surface area contributed by atoms with Crippen LogP contribution in [0.1, 0.15) is 50.5 Å². The van der Waals surface area contributed by atoms with Crippen molar-refractivity contribution in [3.63, 3.8) is 0 Å². The molecule has 2 atom stereocenters. The number of benzene rings is 1. The predicted molar refractivity (Wildman–Crippen MR) is 88.9 cm³/mol. The van der Waals surface area contributed by atoms with Crippen LogP contribution < -0.4 is 5.32 Å². The second-order valence-electron chi connectivity index (χ2n) is 6.64. The van der Waals surface area contributed by atoms with E-state index in [4.69, 9.17) is 0 Å². The molecule has 2 aliphatic rings. The Morgan fingerprint density at radius 1 is 0.950 bits per heavy atom. The highest BCUT2D eigenvalue weighted by atomic mass is 79.9. The predicted octanol–water partition coefficient (Wildman–Crippen LogP) is 4.94. The molecule has 2 aliphatic carbocycles. The summed E-state index contributed by atoms with van der Waals surface area (Å²) >= 11 is 3.72. The zero-order valence-corrected chi connectivity index (χ0v) is 13.9. The quantitative estimate of drug-likeness (QED) is 0.751. The van der Waals surface area contributed by atoms with E-state index in [2.05, 4.69) is 45.5 Å². The second kappa shape index (κ2) is 7.09. The molecule has 1 N–H and O–H groups in total. The molecule has 1 aromatic carbocycles. The maximum absolute atomic E-state index is 3.77. The maximum atomic E-state index is 3.77. The van der Waals surface area contributed by atoms with E-state index in [9.17, 15) is 0 Å². The molecule has 0 aromatic heterocycles. The third-order valence-corrected chi connectivity index (χ3v) is 5.78. The fourth-order valence-corrected chi connectivity index (χ4v) is 4.00. The summed E-state index contributed by atoms with van der Waals surface area (Å²) in [6.45, 7) is 1.25. The van der Waals surface area contributed by atoms with Crippen LogP contribution in [0.5, 0.6) is 0 Å². The summed E-state index contributed by atoms with van der Waals surface area (Å²) in [6.07, 6.45) is 11.2. The van der Waals surface area contributed by atoms with Gasteiger partial charge in [0.05, 0.1) is 0 Å². The third kappa shape index (κ3) is 4.08. The zero-order valence-electron chi connectivity index (χ0n) is 12.3. The monoisotopic (exact) mass is 335 g/mol. The molecular weight excluding hydrogens is 310 g/mol. The van der Waals surface area contributed by atoms with Gasteiger partial charge in [-0.3, -0.25) is 0 Å². The van der Waals surface area contributed by atoms with E-state index in [1.807, 2.05) is 0 Å². The van der Waals surface area contributed by atoms with E-state index in [0.29, 0.717) is 0 Å². The minimum absolute atomic E-state index is 0.849. The molecule has 0 bridgehead atoms. The van der Waals surface area contributed by atoms with Gasteiger partial charge >= 0.3 is 0 Å².